The van der Waals surface area contributed by atoms with Gasteiger partial charge in [0, 0.05) is 0 Å². The average molecular weight is 380 g/mol. The van der Waals surface area contributed by atoms with Gasteiger partial charge in [0.15, 0.2) is 0 Å². The van der Waals surface area contributed by atoms with E-state index in [9.17, 15) is 4.79 Å². The highest BCUT2D eigenvalue weighted by molar-refractivity contribution is 5.81. The zero-order chi connectivity index (χ0) is 21.9. The molecule has 0 spiro atoms. The van der Waals surface area contributed by atoms with Crippen molar-refractivity contribution >= 4 is 5.78 Å². The minimum atomic E-state index is 0.0324. The van der Waals surface area contributed by atoms with Crippen LogP contribution in [0.2, 0.25) is 0 Å². The normalized spacial score (nSPS) is 11.1. The highest BCUT2D eigenvalue weighted by atomic mass is 16.1. The van der Waals surface area contributed by atoms with Gasteiger partial charge in [0.2, 0.25) is 0 Å². The average Bonchev–Trinajstić information content (AvgIpc) is 2.66. The lowest BCUT2D eigenvalue weighted by Crippen LogP contribution is -2.36. The van der Waals surface area contributed by atoms with Crippen LogP contribution < -0.4 is 5.32 Å². The van der Waals surface area contributed by atoms with Crippen molar-refractivity contribution in [1.29, 1.82) is 0 Å². The first-order chi connectivity index (χ1) is 12.8. The maximum atomic E-state index is 10.8. The van der Waals surface area contributed by atoms with Crippen molar-refractivity contribution < 1.29 is 4.79 Å². The summed E-state index contributed by atoms with van der Waals surface area (Å²) in [7, 11) is 1.81. The molecule has 0 aromatic heterocycles. The van der Waals surface area contributed by atoms with Crippen molar-refractivity contribution in [1.82, 2.24) is 5.32 Å². The molecule has 0 amide bonds. The molecule has 2 nitrogen and oxygen atoms in total. The van der Waals surface area contributed by atoms with E-state index in [1.165, 1.54) is 31.2 Å². The minimum absolute atomic E-state index is 0.0324. The molecule has 1 rings (SSSR count). The summed E-state index contributed by atoms with van der Waals surface area (Å²) in [4.78, 5) is 10.8. The predicted octanol–water partition coefficient (Wildman–Crippen LogP) is 7.42. The number of carbonyl (C=O) groups excluding carboxylic acids is 1. The highest BCUT2D eigenvalue weighted by Crippen LogP contribution is 2.33. The Kier molecular flexibility index (Phi) is 22.2. The van der Waals surface area contributed by atoms with Crippen LogP contribution in [0.1, 0.15) is 100 Å². The molecule has 0 aliphatic heterocycles. The van der Waals surface area contributed by atoms with Crippen LogP contribution in [0.25, 0.3) is 0 Å². The van der Waals surface area contributed by atoms with Gasteiger partial charge >= 0.3 is 0 Å². The fourth-order valence-electron chi connectivity index (χ4n) is 3.36. The molecule has 0 bridgehead atoms. The first-order valence-electron chi connectivity index (χ1n) is 11.1. The van der Waals surface area contributed by atoms with Crippen LogP contribution in [-0.4, -0.2) is 18.9 Å². The number of likely N-dealkylation sites (N-methyl/N-ethyl adjacent to an activating group) is 1. The quantitative estimate of drug-likeness (QED) is 0.509. The molecule has 0 saturated heterocycles. The number of Topliss-reactive ketones (excluding diaryl/α,β-unsaturated/α-hetero) is 1. The van der Waals surface area contributed by atoms with Gasteiger partial charge in [0.05, 0.1) is 6.04 Å². The van der Waals surface area contributed by atoms with E-state index < -0.39 is 0 Å². The summed E-state index contributed by atoms with van der Waals surface area (Å²) in [5.41, 5.74) is 1.90. The highest BCUT2D eigenvalue weighted by Gasteiger charge is 2.23. The lowest BCUT2D eigenvalue weighted by atomic mass is 9.75. The molecule has 1 aromatic rings. The summed E-state index contributed by atoms with van der Waals surface area (Å²) in [5, 5.41) is 2.95. The SMILES string of the molecule is CC.CC.CCCC(C)(CCC)c1ccccc1.CNC(C(C)=O)C(C)C. The second kappa shape index (κ2) is 19.6. The van der Waals surface area contributed by atoms with Gasteiger partial charge in [-0.15, -0.1) is 0 Å². The third kappa shape index (κ3) is 13.6. The Morgan fingerprint density at radius 3 is 1.59 bits per heavy atom. The van der Waals surface area contributed by atoms with Gasteiger partial charge in [-0.05, 0) is 43.7 Å². The summed E-state index contributed by atoms with van der Waals surface area (Å²) < 4.78 is 0. The van der Waals surface area contributed by atoms with E-state index in [0.717, 1.165) is 0 Å². The monoisotopic (exact) mass is 379 g/mol. The topological polar surface area (TPSA) is 29.1 Å². The second-order valence-electron chi connectivity index (χ2n) is 7.05. The lowest BCUT2D eigenvalue weighted by Gasteiger charge is -2.29. The molecule has 1 unspecified atom stereocenters. The molecular formula is C25H49NO. The van der Waals surface area contributed by atoms with Gasteiger partial charge in [0.25, 0.3) is 0 Å². The van der Waals surface area contributed by atoms with Gasteiger partial charge in [-0.2, -0.15) is 0 Å². The van der Waals surface area contributed by atoms with E-state index >= 15 is 0 Å². The summed E-state index contributed by atoms with van der Waals surface area (Å²) in [5.74, 6) is 0.611. The van der Waals surface area contributed by atoms with E-state index in [0.29, 0.717) is 11.3 Å². The molecule has 1 N–H and O–H groups in total. The first-order valence-corrected chi connectivity index (χ1v) is 11.1. The third-order valence-corrected chi connectivity index (χ3v) is 4.49. The van der Waals surface area contributed by atoms with Crippen molar-refractivity contribution in [3.8, 4) is 0 Å². The fraction of sp³-hybridized carbons (Fsp3) is 0.720. The Labute approximate surface area is 171 Å². The number of rotatable bonds is 8. The molecule has 0 fully saturated rings. The van der Waals surface area contributed by atoms with Crippen molar-refractivity contribution in [2.75, 3.05) is 7.05 Å². The molecule has 0 radical (unpaired) electrons. The van der Waals surface area contributed by atoms with E-state index in [1.54, 1.807) is 6.92 Å². The molecule has 1 atom stereocenters. The third-order valence-electron chi connectivity index (χ3n) is 4.49. The lowest BCUT2D eigenvalue weighted by molar-refractivity contribution is -0.119. The molecule has 0 aliphatic carbocycles. The number of hydrogen-bond acceptors (Lipinski definition) is 2. The molecular weight excluding hydrogens is 330 g/mol. The fourth-order valence-corrected chi connectivity index (χ4v) is 3.36. The Hall–Kier alpha value is -1.15. The largest absolute Gasteiger partial charge is 0.310 e. The molecule has 0 heterocycles. The van der Waals surface area contributed by atoms with Gasteiger partial charge in [-0.1, -0.05) is 105 Å². The predicted molar refractivity (Wildman–Crippen MR) is 125 cm³/mol. The number of nitrogens with one attached hydrogen (secondary N) is 1. The molecule has 0 saturated carbocycles. The Morgan fingerprint density at radius 2 is 1.37 bits per heavy atom. The van der Waals surface area contributed by atoms with Crippen molar-refractivity contribution in [3.05, 3.63) is 35.9 Å². The second-order valence-corrected chi connectivity index (χ2v) is 7.05. The van der Waals surface area contributed by atoms with Crippen LogP contribution in [0, 0.1) is 5.92 Å². The van der Waals surface area contributed by atoms with Gasteiger partial charge in [-0.3, -0.25) is 4.79 Å². The summed E-state index contributed by atoms with van der Waals surface area (Å²) in [6, 6.07) is 11.0. The van der Waals surface area contributed by atoms with Crippen molar-refractivity contribution in [2.45, 2.75) is 106 Å². The zero-order valence-corrected chi connectivity index (χ0v) is 20.3. The summed E-state index contributed by atoms with van der Waals surface area (Å²) in [6.45, 7) is 20.6. The Morgan fingerprint density at radius 1 is 0.963 bits per heavy atom. The first kappa shape index (κ1) is 30.6. The minimum Gasteiger partial charge on any atom is -0.310 e. The van der Waals surface area contributed by atoms with Crippen LogP contribution in [0.4, 0.5) is 0 Å². The van der Waals surface area contributed by atoms with Gasteiger partial charge in [-0.25, -0.2) is 0 Å². The van der Waals surface area contributed by atoms with E-state index in [2.05, 4.69) is 56.4 Å². The molecule has 1 aromatic carbocycles. The van der Waals surface area contributed by atoms with Crippen LogP contribution in [0.5, 0.6) is 0 Å². The maximum absolute atomic E-state index is 10.8. The zero-order valence-electron chi connectivity index (χ0n) is 20.3. The molecule has 160 valence electrons. The summed E-state index contributed by atoms with van der Waals surface area (Å²) >= 11 is 0. The van der Waals surface area contributed by atoms with E-state index in [4.69, 9.17) is 0 Å². The standard InChI is InChI=1S/C14H22.C7H15NO.2C2H6/c1-4-11-14(3,12-5-2)13-9-7-6-8-10-13;1-5(2)7(8-4)6(3)9;2*1-2/h6-10H,4-5,11-12H2,1-3H3;5,7-8H,1-4H3;2*1-2H3. The smallest absolute Gasteiger partial charge is 0.146 e. The van der Waals surface area contributed by atoms with Crippen molar-refractivity contribution in [3.63, 3.8) is 0 Å². The number of carbonyl (C=O) groups is 1. The molecule has 0 aliphatic rings. The molecule has 27 heavy (non-hydrogen) atoms. The number of benzene rings is 1. The number of hydrogen-bond donors (Lipinski definition) is 1. The Bertz CT molecular complexity index is 419. The maximum Gasteiger partial charge on any atom is 0.146 e. The molecule has 2 heteroatoms. The number of ketones is 1. The van der Waals surface area contributed by atoms with Crippen molar-refractivity contribution in [2.24, 2.45) is 5.92 Å². The van der Waals surface area contributed by atoms with Crippen LogP contribution >= 0.6 is 0 Å². The van der Waals surface area contributed by atoms with E-state index in [1.807, 2.05) is 48.6 Å². The van der Waals surface area contributed by atoms with Crippen LogP contribution in [-0.2, 0) is 10.2 Å². The van der Waals surface area contributed by atoms with Crippen LogP contribution in [0.15, 0.2) is 30.3 Å². The van der Waals surface area contributed by atoms with E-state index in [-0.39, 0.29) is 11.8 Å². The van der Waals surface area contributed by atoms with Gasteiger partial charge in [0.1, 0.15) is 5.78 Å². The van der Waals surface area contributed by atoms with Gasteiger partial charge < -0.3 is 5.32 Å². The summed E-state index contributed by atoms with van der Waals surface area (Å²) in [6.07, 6.45) is 5.13. The van der Waals surface area contributed by atoms with Crippen LogP contribution in [0.3, 0.4) is 0 Å². The Balaban J connectivity index is -0.000000384.